The SMILES string of the molecule is CN(C)S(=O)(=O)c1ccc(-c2cnc(CO)[nH]2)cc1. The normalized spacial score (nSPS) is 12.0. The molecule has 19 heavy (non-hydrogen) atoms. The fourth-order valence-electron chi connectivity index (χ4n) is 1.61. The number of aliphatic hydroxyl groups excluding tert-OH is 1. The highest BCUT2D eigenvalue weighted by Crippen LogP contribution is 2.20. The van der Waals surface area contributed by atoms with E-state index in [0.29, 0.717) is 5.82 Å². The van der Waals surface area contributed by atoms with Crippen molar-refractivity contribution in [2.75, 3.05) is 14.1 Å². The van der Waals surface area contributed by atoms with E-state index in [1.54, 1.807) is 30.5 Å². The molecule has 0 radical (unpaired) electrons. The van der Waals surface area contributed by atoms with Crippen LogP contribution in [-0.4, -0.2) is 41.9 Å². The number of aromatic amines is 1. The summed E-state index contributed by atoms with van der Waals surface area (Å²) in [6.07, 6.45) is 1.60. The summed E-state index contributed by atoms with van der Waals surface area (Å²) in [7, 11) is -0.424. The molecule has 0 bridgehead atoms. The highest BCUT2D eigenvalue weighted by Gasteiger charge is 2.16. The molecule has 0 atom stereocenters. The number of nitrogens with zero attached hydrogens (tertiary/aromatic N) is 2. The average molecular weight is 281 g/mol. The quantitative estimate of drug-likeness (QED) is 0.868. The second-order valence-electron chi connectivity index (χ2n) is 4.21. The van der Waals surface area contributed by atoms with Gasteiger partial charge in [-0.3, -0.25) is 0 Å². The third-order valence-corrected chi connectivity index (χ3v) is 4.55. The van der Waals surface area contributed by atoms with E-state index in [1.165, 1.54) is 18.4 Å². The van der Waals surface area contributed by atoms with E-state index in [-0.39, 0.29) is 11.5 Å². The minimum atomic E-state index is -3.41. The Bertz CT molecular complexity index is 660. The summed E-state index contributed by atoms with van der Waals surface area (Å²) < 4.78 is 25.0. The zero-order valence-electron chi connectivity index (χ0n) is 10.7. The van der Waals surface area contributed by atoms with Gasteiger partial charge in [0, 0.05) is 14.1 Å². The number of rotatable bonds is 4. The van der Waals surface area contributed by atoms with Gasteiger partial charge < -0.3 is 10.1 Å². The summed E-state index contributed by atoms with van der Waals surface area (Å²) in [6.45, 7) is -0.160. The van der Waals surface area contributed by atoms with E-state index in [1.807, 2.05) is 0 Å². The molecule has 2 N–H and O–H groups in total. The Labute approximate surface area is 111 Å². The smallest absolute Gasteiger partial charge is 0.242 e. The molecule has 0 aliphatic carbocycles. The first-order valence-corrected chi connectivity index (χ1v) is 7.07. The minimum absolute atomic E-state index is 0.160. The van der Waals surface area contributed by atoms with Crippen LogP contribution in [0.5, 0.6) is 0 Å². The molecule has 0 unspecified atom stereocenters. The number of hydrogen-bond donors (Lipinski definition) is 2. The van der Waals surface area contributed by atoms with E-state index in [9.17, 15) is 8.42 Å². The summed E-state index contributed by atoms with van der Waals surface area (Å²) in [5.74, 6) is 0.472. The highest BCUT2D eigenvalue weighted by atomic mass is 32.2. The lowest BCUT2D eigenvalue weighted by Crippen LogP contribution is -2.22. The first kappa shape index (κ1) is 13.7. The first-order valence-electron chi connectivity index (χ1n) is 5.63. The predicted molar refractivity (Wildman–Crippen MR) is 70.8 cm³/mol. The third-order valence-electron chi connectivity index (χ3n) is 2.72. The molecule has 0 fully saturated rings. The van der Waals surface area contributed by atoms with Crippen LogP contribution in [0, 0.1) is 0 Å². The van der Waals surface area contributed by atoms with Gasteiger partial charge in [-0.15, -0.1) is 0 Å². The molecule has 0 aliphatic heterocycles. The Morgan fingerprint density at radius 1 is 1.26 bits per heavy atom. The molecule has 7 heteroatoms. The molecule has 102 valence electrons. The Kier molecular flexibility index (Phi) is 3.70. The summed E-state index contributed by atoms with van der Waals surface area (Å²) in [6, 6.07) is 6.49. The van der Waals surface area contributed by atoms with Gasteiger partial charge in [-0.05, 0) is 17.7 Å². The zero-order valence-corrected chi connectivity index (χ0v) is 11.5. The lowest BCUT2D eigenvalue weighted by molar-refractivity contribution is 0.272. The van der Waals surface area contributed by atoms with Crippen LogP contribution in [0.25, 0.3) is 11.3 Å². The molecule has 6 nitrogen and oxygen atoms in total. The van der Waals surface area contributed by atoms with Crippen molar-refractivity contribution in [2.24, 2.45) is 0 Å². The van der Waals surface area contributed by atoms with Crippen molar-refractivity contribution in [2.45, 2.75) is 11.5 Å². The Hall–Kier alpha value is -1.70. The van der Waals surface area contributed by atoms with Gasteiger partial charge in [-0.25, -0.2) is 17.7 Å². The molecule has 1 heterocycles. The van der Waals surface area contributed by atoms with Gasteiger partial charge in [-0.1, -0.05) is 12.1 Å². The molecule has 0 saturated carbocycles. The highest BCUT2D eigenvalue weighted by molar-refractivity contribution is 7.89. The summed E-state index contributed by atoms with van der Waals surface area (Å²) in [5.41, 5.74) is 1.54. The average Bonchev–Trinajstić information content (AvgIpc) is 2.87. The van der Waals surface area contributed by atoms with E-state index in [2.05, 4.69) is 9.97 Å². The molecule has 2 rings (SSSR count). The lowest BCUT2D eigenvalue weighted by atomic mass is 10.2. The van der Waals surface area contributed by atoms with Crippen molar-refractivity contribution in [3.8, 4) is 11.3 Å². The first-order chi connectivity index (χ1) is 8.95. The Balaban J connectivity index is 2.33. The number of sulfonamides is 1. The number of aromatic nitrogens is 2. The van der Waals surface area contributed by atoms with Gasteiger partial charge in [-0.2, -0.15) is 0 Å². The van der Waals surface area contributed by atoms with E-state index < -0.39 is 10.0 Å². The van der Waals surface area contributed by atoms with Gasteiger partial charge >= 0.3 is 0 Å². The molecule has 0 saturated heterocycles. The van der Waals surface area contributed by atoms with E-state index in [4.69, 9.17) is 5.11 Å². The molecule has 2 aromatic rings. The second kappa shape index (κ2) is 5.12. The van der Waals surface area contributed by atoms with Crippen molar-refractivity contribution in [1.29, 1.82) is 0 Å². The largest absolute Gasteiger partial charge is 0.388 e. The molecule has 0 spiro atoms. The van der Waals surface area contributed by atoms with Gasteiger partial charge in [0.25, 0.3) is 0 Å². The number of aliphatic hydroxyl groups is 1. The number of benzene rings is 1. The second-order valence-corrected chi connectivity index (χ2v) is 6.37. The van der Waals surface area contributed by atoms with Crippen LogP contribution in [0.3, 0.4) is 0 Å². The van der Waals surface area contributed by atoms with Crippen molar-refractivity contribution in [1.82, 2.24) is 14.3 Å². The molecule has 0 aliphatic rings. The van der Waals surface area contributed by atoms with Crippen LogP contribution in [0.4, 0.5) is 0 Å². The van der Waals surface area contributed by atoms with Crippen molar-refractivity contribution < 1.29 is 13.5 Å². The molecular formula is C12H15N3O3S. The van der Waals surface area contributed by atoms with Gasteiger partial charge in [0.05, 0.1) is 16.8 Å². The maximum Gasteiger partial charge on any atom is 0.242 e. The van der Waals surface area contributed by atoms with E-state index in [0.717, 1.165) is 11.3 Å². The molecular weight excluding hydrogens is 266 g/mol. The maximum absolute atomic E-state index is 11.9. The van der Waals surface area contributed by atoms with Gasteiger partial charge in [0.2, 0.25) is 10.0 Å². The van der Waals surface area contributed by atoms with Crippen LogP contribution in [0.1, 0.15) is 5.82 Å². The number of imidazole rings is 1. The van der Waals surface area contributed by atoms with Crippen LogP contribution >= 0.6 is 0 Å². The summed E-state index contributed by atoms with van der Waals surface area (Å²) >= 11 is 0. The summed E-state index contributed by atoms with van der Waals surface area (Å²) in [4.78, 5) is 7.16. The molecule has 1 aromatic heterocycles. The minimum Gasteiger partial charge on any atom is -0.388 e. The van der Waals surface area contributed by atoms with Crippen LogP contribution < -0.4 is 0 Å². The predicted octanol–water partition coefficient (Wildman–Crippen LogP) is 0.819. The number of hydrogen-bond acceptors (Lipinski definition) is 4. The Morgan fingerprint density at radius 2 is 1.89 bits per heavy atom. The monoisotopic (exact) mass is 281 g/mol. The van der Waals surface area contributed by atoms with Gasteiger partial charge in [0.1, 0.15) is 12.4 Å². The zero-order chi connectivity index (χ0) is 14.0. The van der Waals surface area contributed by atoms with Crippen LogP contribution in [0.15, 0.2) is 35.4 Å². The third kappa shape index (κ3) is 2.67. The van der Waals surface area contributed by atoms with Crippen LogP contribution in [-0.2, 0) is 16.6 Å². The summed E-state index contributed by atoms with van der Waals surface area (Å²) in [5, 5.41) is 8.93. The number of H-pyrrole nitrogens is 1. The topological polar surface area (TPSA) is 86.3 Å². The van der Waals surface area contributed by atoms with Crippen molar-refractivity contribution in [3.05, 3.63) is 36.3 Å². The maximum atomic E-state index is 11.9. The fraction of sp³-hybridized carbons (Fsp3) is 0.250. The van der Waals surface area contributed by atoms with Crippen molar-refractivity contribution >= 4 is 10.0 Å². The lowest BCUT2D eigenvalue weighted by Gasteiger charge is -2.11. The Morgan fingerprint density at radius 3 is 2.37 bits per heavy atom. The molecule has 1 aromatic carbocycles. The fourth-order valence-corrected chi connectivity index (χ4v) is 2.51. The van der Waals surface area contributed by atoms with Crippen molar-refractivity contribution in [3.63, 3.8) is 0 Å². The standard InChI is InChI=1S/C12H15N3O3S/c1-15(2)19(17,18)10-5-3-9(4-6-10)11-7-13-12(8-16)14-11/h3-7,16H,8H2,1-2H3,(H,13,14). The molecule has 0 amide bonds. The van der Waals surface area contributed by atoms with Gasteiger partial charge in [0.15, 0.2) is 0 Å². The number of nitrogens with one attached hydrogen (secondary N) is 1. The van der Waals surface area contributed by atoms with E-state index >= 15 is 0 Å². The van der Waals surface area contributed by atoms with Crippen LogP contribution in [0.2, 0.25) is 0 Å².